The van der Waals surface area contributed by atoms with Crippen molar-refractivity contribution in [1.82, 2.24) is 5.32 Å². The van der Waals surface area contributed by atoms with Gasteiger partial charge in [-0.1, -0.05) is 0 Å². The lowest BCUT2D eigenvalue weighted by Crippen LogP contribution is -2.43. The molecule has 0 aliphatic carbocycles. The molecule has 0 saturated heterocycles. The number of ether oxygens (including phenoxy) is 2. The summed E-state index contributed by atoms with van der Waals surface area (Å²) < 4.78 is 9.80. The summed E-state index contributed by atoms with van der Waals surface area (Å²) in [5.41, 5.74) is -0.531. The Kier molecular flexibility index (Phi) is 5.49. The number of carbonyl (C=O) groups excluding carboxylic acids is 1. The maximum absolute atomic E-state index is 11.2. The molecule has 1 atom stereocenters. The van der Waals surface area contributed by atoms with Crippen molar-refractivity contribution in [3.63, 3.8) is 0 Å². The first-order valence-electron chi connectivity index (χ1n) is 4.48. The fourth-order valence-electron chi connectivity index (χ4n) is 0.815. The number of aliphatic hydroxyl groups is 1. The number of alkyl carbamates (subject to hydrolysis) is 1. The van der Waals surface area contributed by atoms with Gasteiger partial charge < -0.3 is 19.9 Å². The van der Waals surface area contributed by atoms with E-state index in [1.54, 1.807) is 20.8 Å². The number of aliphatic hydroxyl groups excluding tert-OH is 1. The molecular weight excluding hydrogens is 186 g/mol. The lowest BCUT2D eigenvalue weighted by atomic mass is 10.2. The molecule has 0 fully saturated rings. The Bertz CT molecular complexity index is 176. The van der Waals surface area contributed by atoms with Crippen LogP contribution in [0.15, 0.2) is 0 Å². The molecule has 2 N–H and O–H groups in total. The van der Waals surface area contributed by atoms with Gasteiger partial charge in [0, 0.05) is 7.11 Å². The Labute approximate surface area is 84.4 Å². The molecule has 0 aromatic carbocycles. The fraction of sp³-hybridized carbons (Fsp3) is 0.889. The van der Waals surface area contributed by atoms with Gasteiger partial charge in [0.2, 0.25) is 0 Å². The Morgan fingerprint density at radius 2 is 2.07 bits per heavy atom. The van der Waals surface area contributed by atoms with Crippen LogP contribution in [-0.4, -0.2) is 43.2 Å². The minimum atomic E-state index is -0.548. The van der Waals surface area contributed by atoms with Crippen LogP contribution in [0.1, 0.15) is 20.8 Å². The molecule has 0 aliphatic rings. The lowest BCUT2D eigenvalue weighted by Gasteiger charge is -2.22. The van der Waals surface area contributed by atoms with Crippen molar-refractivity contribution in [3.05, 3.63) is 0 Å². The van der Waals surface area contributed by atoms with Crippen LogP contribution >= 0.6 is 0 Å². The average molecular weight is 205 g/mol. The standard InChI is InChI=1S/C9H19NO4/c1-9(2,3)14-8(12)10-7(5-11)6-13-4/h7,11H,5-6H2,1-4H3,(H,10,12). The molecular formula is C9H19NO4. The summed E-state index contributed by atoms with van der Waals surface area (Å²) in [4.78, 5) is 11.2. The van der Waals surface area contributed by atoms with Crippen LogP contribution in [-0.2, 0) is 9.47 Å². The van der Waals surface area contributed by atoms with E-state index in [1.165, 1.54) is 7.11 Å². The number of nitrogens with one attached hydrogen (secondary N) is 1. The second-order valence-corrected chi connectivity index (χ2v) is 3.98. The Hall–Kier alpha value is -0.810. The number of hydrogen-bond donors (Lipinski definition) is 2. The van der Waals surface area contributed by atoms with Crippen LogP contribution in [0.5, 0.6) is 0 Å². The Balaban J connectivity index is 3.91. The first kappa shape index (κ1) is 13.2. The molecule has 0 spiro atoms. The number of amides is 1. The van der Waals surface area contributed by atoms with E-state index in [0.717, 1.165) is 0 Å². The van der Waals surface area contributed by atoms with Crippen LogP contribution < -0.4 is 5.32 Å². The van der Waals surface area contributed by atoms with Crippen molar-refractivity contribution in [2.75, 3.05) is 20.3 Å². The molecule has 0 aliphatic heterocycles. The predicted octanol–water partition coefficient (Wildman–Crippen LogP) is 0.518. The van der Waals surface area contributed by atoms with E-state index in [4.69, 9.17) is 14.6 Å². The van der Waals surface area contributed by atoms with Gasteiger partial charge in [0.1, 0.15) is 5.60 Å². The van der Waals surface area contributed by atoms with E-state index < -0.39 is 17.7 Å². The largest absolute Gasteiger partial charge is 0.444 e. The third-order valence-corrected chi connectivity index (χ3v) is 1.31. The topological polar surface area (TPSA) is 67.8 Å². The van der Waals surface area contributed by atoms with Crippen LogP contribution in [0.25, 0.3) is 0 Å². The summed E-state index contributed by atoms with van der Waals surface area (Å²) in [6.45, 7) is 5.41. The highest BCUT2D eigenvalue weighted by molar-refractivity contribution is 5.68. The summed E-state index contributed by atoms with van der Waals surface area (Å²) in [6, 6.07) is -0.421. The number of carbonyl (C=O) groups is 1. The number of rotatable bonds is 4. The zero-order valence-corrected chi connectivity index (χ0v) is 9.16. The smallest absolute Gasteiger partial charge is 0.408 e. The van der Waals surface area contributed by atoms with E-state index in [0.29, 0.717) is 0 Å². The van der Waals surface area contributed by atoms with Crippen molar-refractivity contribution in [2.24, 2.45) is 0 Å². The molecule has 0 aromatic rings. The van der Waals surface area contributed by atoms with E-state index >= 15 is 0 Å². The van der Waals surface area contributed by atoms with Gasteiger partial charge in [-0.2, -0.15) is 0 Å². The zero-order valence-electron chi connectivity index (χ0n) is 9.16. The van der Waals surface area contributed by atoms with E-state index in [-0.39, 0.29) is 13.2 Å². The molecule has 0 heterocycles. The maximum Gasteiger partial charge on any atom is 0.408 e. The van der Waals surface area contributed by atoms with Crippen molar-refractivity contribution in [1.29, 1.82) is 0 Å². The van der Waals surface area contributed by atoms with E-state index in [1.807, 2.05) is 0 Å². The SMILES string of the molecule is COCC(CO)NC(=O)OC(C)(C)C. The molecule has 5 nitrogen and oxygen atoms in total. The van der Waals surface area contributed by atoms with E-state index in [9.17, 15) is 4.79 Å². The van der Waals surface area contributed by atoms with Crippen molar-refractivity contribution < 1.29 is 19.4 Å². The van der Waals surface area contributed by atoms with Gasteiger partial charge in [-0.05, 0) is 20.8 Å². The highest BCUT2D eigenvalue weighted by atomic mass is 16.6. The molecule has 1 amide bonds. The quantitative estimate of drug-likeness (QED) is 0.702. The molecule has 0 aromatic heterocycles. The predicted molar refractivity (Wildman–Crippen MR) is 52.1 cm³/mol. The monoisotopic (exact) mass is 205 g/mol. The Morgan fingerprint density at radius 3 is 2.43 bits per heavy atom. The Morgan fingerprint density at radius 1 is 1.50 bits per heavy atom. The molecule has 0 rings (SSSR count). The molecule has 0 saturated carbocycles. The lowest BCUT2D eigenvalue weighted by molar-refractivity contribution is 0.0429. The summed E-state index contributed by atoms with van der Waals surface area (Å²) in [5.74, 6) is 0. The van der Waals surface area contributed by atoms with Crippen LogP contribution in [0, 0.1) is 0 Å². The van der Waals surface area contributed by atoms with Crippen molar-refractivity contribution in [3.8, 4) is 0 Å². The van der Waals surface area contributed by atoms with Crippen molar-refractivity contribution in [2.45, 2.75) is 32.4 Å². The molecule has 0 bridgehead atoms. The van der Waals surface area contributed by atoms with Gasteiger partial charge in [-0.3, -0.25) is 0 Å². The third-order valence-electron chi connectivity index (χ3n) is 1.31. The highest BCUT2D eigenvalue weighted by Gasteiger charge is 2.18. The number of hydrogen-bond acceptors (Lipinski definition) is 4. The van der Waals surface area contributed by atoms with Gasteiger partial charge >= 0.3 is 6.09 Å². The summed E-state index contributed by atoms with van der Waals surface area (Å²) in [5, 5.41) is 11.3. The number of methoxy groups -OCH3 is 1. The van der Waals surface area contributed by atoms with Crippen LogP contribution in [0.2, 0.25) is 0 Å². The maximum atomic E-state index is 11.2. The third kappa shape index (κ3) is 6.68. The summed E-state index contributed by atoms with van der Waals surface area (Å²) in [7, 11) is 1.50. The van der Waals surface area contributed by atoms with Crippen molar-refractivity contribution >= 4 is 6.09 Å². The average Bonchev–Trinajstić information content (AvgIpc) is 2.00. The van der Waals surface area contributed by atoms with E-state index in [2.05, 4.69) is 5.32 Å². The van der Waals surface area contributed by atoms with Crippen LogP contribution in [0.4, 0.5) is 4.79 Å². The van der Waals surface area contributed by atoms with Gasteiger partial charge in [0.15, 0.2) is 0 Å². The first-order valence-corrected chi connectivity index (χ1v) is 4.48. The minimum absolute atomic E-state index is 0.174. The molecule has 84 valence electrons. The van der Waals surface area contributed by atoms with Crippen LogP contribution in [0.3, 0.4) is 0 Å². The van der Waals surface area contributed by atoms with Gasteiger partial charge in [-0.15, -0.1) is 0 Å². The zero-order chi connectivity index (χ0) is 11.2. The molecule has 14 heavy (non-hydrogen) atoms. The fourth-order valence-corrected chi connectivity index (χ4v) is 0.815. The normalized spacial score (nSPS) is 13.5. The molecule has 5 heteroatoms. The van der Waals surface area contributed by atoms with Gasteiger partial charge in [0.25, 0.3) is 0 Å². The van der Waals surface area contributed by atoms with Gasteiger partial charge in [0.05, 0.1) is 19.3 Å². The highest BCUT2D eigenvalue weighted by Crippen LogP contribution is 2.06. The van der Waals surface area contributed by atoms with Gasteiger partial charge in [-0.25, -0.2) is 4.79 Å². The molecule has 1 unspecified atom stereocenters. The second-order valence-electron chi connectivity index (χ2n) is 3.98. The summed E-state index contributed by atoms with van der Waals surface area (Å²) >= 11 is 0. The molecule has 0 radical (unpaired) electrons. The first-order chi connectivity index (χ1) is 6.39. The summed E-state index contributed by atoms with van der Waals surface area (Å²) in [6.07, 6.45) is -0.548. The second kappa shape index (κ2) is 5.82. The minimum Gasteiger partial charge on any atom is -0.444 e.